The van der Waals surface area contributed by atoms with E-state index in [0.29, 0.717) is 12.3 Å². The van der Waals surface area contributed by atoms with Crippen molar-refractivity contribution >= 4 is 17.3 Å². The number of thiophene rings is 1. The molecule has 0 spiro atoms. The van der Waals surface area contributed by atoms with E-state index < -0.39 is 0 Å². The highest BCUT2D eigenvalue weighted by molar-refractivity contribution is 7.10. The Morgan fingerprint density at radius 3 is 3.00 bits per heavy atom. The molecule has 5 heteroatoms. The van der Waals surface area contributed by atoms with Gasteiger partial charge >= 0.3 is 5.97 Å². The largest absolute Gasteiger partial charge is 0.469 e. The summed E-state index contributed by atoms with van der Waals surface area (Å²) in [4.78, 5) is 12.7. The van der Waals surface area contributed by atoms with Crippen LogP contribution in [0.15, 0.2) is 17.5 Å². The molecule has 1 aromatic rings. The Balaban J connectivity index is 1.87. The van der Waals surface area contributed by atoms with Gasteiger partial charge in [0.05, 0.1) is 19.6 Å². The predicted octanol–water partition coefficient (Wildman–Crippen LogP) is 1.94. The molecule has 1 unspecified atom stereocenters. The van der Waals surface area contributed by atoms with E-state index in [1.807, 2.05) is 11.4 Å². The molecule has 0 radical (unpaired) electrons. The molecular weight excluding hydrogens is 260 g/mol. The van der Waals surface area contributed by atoms with Gasteiger partial charge in [-0.3, -0.25) is 4.79 Å². The maximum absolute atomic E-state index is 11.5. The van der Waals surface area contributed by atoms with E-state index in [1.165, 1.54) is 24.8 Å². The van der Waals surface area contributed by atoms with Gasteiger partial charge in [0.15, 0.2) is 0 Å². The highest BCUT2D eigenvalue weighted by Crippen LogP contribution is 2.23. The third-order valence-corrected chi connectivity index (χ3v) is 4.58. The second kappa shape index (κ2) is 7.62. The van der Waals surface area contributed by atoms with Crippen LogP contribution < -0.4 is 10.6 Å². The molecule has 1 saturated heterocycles. The zero-order valence-electron chi connectivity index (χ0n) is 11.4. The minimum Gasteiger partial charge on any atom is -0.469 e. The lowest BCUT2D eigenvalue weighted by atomic mass is 9.97. The quantitative estimate of drug-likeness (QED) is 0.783. The lowest BCUT2D eigenvalue weighted by Gasteiger charge is -2.25. The number of hydrogen-bond acceptors (Lipinski definition) is 5. The van der Waals surface area contributed by atoms with Crippen molar-refractivity contribution in [3.63, 3.8) is 0 Å². The van der Waals surface area contributed by atoms with Crippen LogP contribution in [0, 0.1) is 5.92 Å². The van der Waals surface area contributed by atoms with E-state index in [-0.39, 0.29) is 12.0 Å². The zero-order valence-corrected chi connectivity index (χ0v) is 12.2. The van der Waals surface area contributed by atoms with Crippen LogP contribution in [0.25, 0.3) is 0 Å². The molecular formula is C14H22N2O2S. The molecule has 2 heterocycles. The second-order valence-electron chi connectivity index (χ2n) is 4.95. The molecule has 1 aliphatic heterocycles. The third-order valence-electron chi connectivity index (χ3n) is 3.60. The molecule has 1 atom stereocenters. The Morgan fingerprint density at radius 2 is 2.37 bits per heavy atom. The molecule has 0 bridgehead atoms. The molecule has 4 nitrogen and oxygen atoms in total. The number of piperidine rings is 1. The first-order chi connectivity index (χ1) is 9.29. The maximum Gasteiger partial charge on any atom is 0.307 e. The summed E-state index contributed by atoms with van der Waals surface area (Å²) in [5, 5.41) is 8.96. The van der Waals surface area contributed by atoms with Crippen molar-refractivity contribution in [2.45, 2.75) is 25.3 Å². The molecule has 19 heavy (non-hydrogen) atoms. The summed E-state index contributed by atoms with van der Waals surface area (Å²) in [5.41, 5.74) is 0. The number of ether oxygens (including phenoxy) is 1. The molecule has 2 N–H and O–H groups in total. The number of nitrogens with one attached hydrogen (secondary N) is 2. The van der Waals surface area contributed by atoms with Crippen LogP contribution in [0.4, 0.5) is 0 Å². The van der Waals surface area contributed by atoms with E-state index in [9.17, 15) is 4.79 Å². The number of esters is 1. The van der Waals surface area contributed by atoms with E-state index in [1.54, 1.807) is 11.3 Å². The predicted molar refractivity (Wildman–Crippen MR) is 77.3 cm³/mol. The van der Waals surface area contributed by atoms with Gasteiger partial charge in [-0.15, -0.1) is 11.3 Å². The minimum atomic E-state index is -0.156. The second-order valence-corrected chi connectivity index (χ2v) is 5.93. The van der Waals surface area contributed by atoms with E-state index >= 15 is 0 Å². The fraction of sp³-hybridized carbons (Fsp3) is 0.643. The highest BCUT2D eigenvalue weighted by atomic mass is 32.1. The van der Waals surface area contributed by atoms with Gasteiger partial charge in [-0.05, 0) is 49.8 Å². The van der Waals surface area contributed by atoms with Gasteiger partial charge in [0.1, 0.15) is 0 Å². The lowest BCUT2D eigenvalue weighted by Crippen LogP contribution is -2.35. The van der Waals surface area contributed by atoms with E-state index in [2.05, 4.69) is 16.7 Å². The molecule has 0 aliphatic carbocycles. The van der Waals surface area contributed by atoms with Crippen molar-refractivity contribution in [3.8, 4) is 0 Å². The number of methoxy groups -OCH3 is 1. The van der Waals surface area contributed by atoms with Gasteiger partial charge in [-0.2, -0.15) is 0 Å². The Bertz CT molecular complexity index is 375. The van der Waals surface area contributed by atoms with Gasteiger partial charge in [-0.25, -0.2) is 0 Å². The van der Waals surface area contributed by atoms with Crippen molar-refractivity contribution in [2.24, 2.45) is 5.92 Å². The van der Waals surface area contributed by atoms with Gasteiger partial charge in [0.25, 0.3) is 0 Å². The number of carbonyl (C=O) groups is 1. The maximum atomic E-state index is 11.5. The van der Waals surface area contributed by atoms with Crippen molar-refractivity contribution < 1.29 is 9.53 Å². The molecule has 1 fully saturated rings. The number of rotatable bonds is 6. The van der Waals surface area contributed by atoms with Crippen LogP contribution in [0.2, 0.25) is 0 Å². The summed E-state index contributed by atoms with van der Waals surface area (Å²) in [5.74, 6) is 0.553. The monoisotopic (exact) mass is 282 g/mol. The highest BCUT2D eigenvalue weighted by Gasteiger charge is 2.19. The summed E-state index contributed by atoms with van der Waals surface area (Å²) in [6, 6.07) is 4.19. The fourth-order valence-electron chi connectivity index (χ4n) is 2.41. The van der Waals surface area contributed by atoms with Crippen LogP contribution in [0.3, 0.4) is 0 Å². The zero-order chi connectivity index (χ0) is 13.5. The lowest BCUT2D eigenvalue weighted by molar-refractivity contribution is -0.141. The molecule has 0 amide bonds. The van der Waals surface area contributed by atoms with Crippen LogP contribution in [0.5, 0.6) is 0 Å². The van der Waals surface area contributed by atoms with Gasteiger partial charge in [-0.1, -0.05) is 6.07 Å². The van der Waals surface area contributed by atoms with Crippen molar-refractivity contribution in [1.29, 1.82) is 0 Å². The fourth-order valence-corrected chi connectivity index (χ4v) is 3.21. The average molecular weight is 282 g/mol. The first-order valence-corrected chi connectivity index (χ1v) is 7.72. The Labute approximate surface area is 118 Å². The normalized spacial score (nSPS) is 18.2. The van der Waals surface area contributed by atoms with Crippen molar-refractivity contribution in [2.75, 3.05) is 26.7 Å². The summed E-state index contributed by atoms with van der Waals surface area (Å²) in [7, 11) is 1.45. The minimum absolute atomic E-state index is 0.0855. The van der Waals surface area contributed by atoms with E-state index in [0.717, 1.165) is 19.6 Å². The van der Waals surface area contributed by atoms with Crippen LogP contribution in [-0.2, 0) is 9.53 Å². The summed E-state index contributed by atoms with van der Waals surface area (Å²) >= 11 is 1.69. The summed E-state index contributed by atoms with van der Waals surface area (Å²) < 4.78 is 4.79. The summed E-state index contributed by atoms with van der Waals surface area (Å²) in [6.45, 7) is 3.18. The van der Waals surface area contributed by atoms with Gasteiger partial charge in [0, 0.05) is 4.88 Å². The molecule has 2 rings (SSSR count). The first kappa shape index (κ1) is 14.5. The van der Waals surface area contributed by atoms with Crippen LogP contribution >= 0.6 is 11.3 Å². The van der Waals surface area contributed by atoms with E-state index in [4.69, 9.17) is 4.74 Å². The van der Waals surface area contributed by atoms with Crippen LogP contribution in [0.1, 0.15) is 30.2 Å². The Morgan fingerprint density at radius 1 is 1.58 bits per heavy atom. The number of hydrogen-bond donors (Lipinski definition) is 2. The smallest absolute Gasteiger partial charge is 0.307 e. The molecule has 0 saturated carbocycles. The van der Waals surface area contributed by atoms with Gasteiger partial charge < -0.3 is 15.4 Å². The van der Waals surface area contributed by atoms with Gasteiger partial charge in [0.2, 0.25) is 0 Å². The molecule has 0 aromatic carbocycles. The van der Waals surface area contributed by atoms with Crippen molar-refractivity contribution in [3.05, 3.63) is 22.4 Å². The SMILES string of the molecule is COC(=O)CC(NCC1CCNCC1)c1cccs1. The van der Waals surface area contributed by atoms with Crippen molar-refractivity contribution in [1.82, 2.24) is 10.6 Å². The Kier molecular flexibility index (Phi) is 5.82. The average Bonchev–Trinajstić information content (AvgIpc) is 2.98. The third kappa shape index (κ3) is 4.60. The molecule has 1 aliphatic rings. The summed E-state index contributed by atoms with van der Waals surface area (Å²) in [6.07, 6.45) is 2.83. The Hall–Kier alpha value is -0.910. The number of carbonyl (C=O) groups excluding carboxylic acids is 1. The molecule has 106 valence electrons. The topological polar surface area (TPSA) is 50.4 Å². The molecule has 1 aromatic heterocycles. The standard InChI is InChI=1S/C14H22N2O2S/c1-18-14(17)9-12(13-3-2-8-19-13)16-10-11-4-6-15-7-5-11/h2-3,8,11-12,15-16H,4-7,9-10H2,1H3. The van der Waals surface area contributed by atoms with Crippen LogP contribution in [-0.4, -0.2) is 32.7 Å². The first-order valence-electron chi connectivity index (χ1n) is 6.84.